The first-order chi connectivity index (χ1) is 9.15. The van der Waals surface area contributed by atoms with E-state index in [1.165, 1.54) is 0 Å². The lowest BCUT2D eigenvalue weighted by Crippen LogP contribution is -2.35. The molecule has 1 N–H and O–H groups in total. The molecule has 1 aromatic heterocycles. The van der Waals surface area contributed by atoms with Crippen LogP contribution in [0.2, 0.25) is 0 Å². The van der Waals surface area contributed by atoms with Crippen LogP contribution in [0.3, 0.4) is 0 Å². The molecule has 0 bridgehead atoms. The minimum Gasteiger partial charge on any atom is -0.349 e. The van der Waals surface area contributed by atoms with Crippen LogP contribution in [0.5, 0.6) is 0 Å². The number of carbonyl (C=O) groups is 3. The molecule has 2 amide bonds. The summed E-state index contributed by atoms with van der Waals surface area (Å²) < 4.78 is 0. The van der Waals surface area contributed by atoms with Crippen LogP contribution in [0, 0.1) is 5.92 Å². The maximum atomic E-state index is 12.0. The van der Waals surface area contributed by atoms with Gasteiger partial charge in [-0.25, -0.2) is 0 Å². The number of carbonyl (C=O) groups excluding carboxylic acids is 3. The predicted octanol–water partition coefficient (Wildman–Crippen LogP) is -0.0839. The van der Waals surface area contributed by atoms with Crippen LogP contribution in [-0.2, 0) is 14.4 Å². The van der Waals surface area contributed by atoms with Gasteiger partial charge in [0.1, 0.15) is 6.29 Å². The van der Waals surface area contributed by atoms with E-state index in [-0.39, 0.29) is 30.8 Å². The summed E-state index contributed by atoms with van der Waals surface area (Å²) in [7, 11) is 1.67. The molecule has 1 saturated heterocycles. The molecule has 1 fully saturated rings. The standard InChI is InChI=1S/C13H15N3O3/c1-16-11(18)7-10(13(19)15-5-6-17)12(16)9-3-2-4-14-8-9/h2-4,6,8,10,12H,5,7H2,1H3,(H,15,19)/t10-,12+/m0/s1. The Morgan fingerprint density at radius 1 is 1.63 bits per heavy atom. The molecule has 6 heteroatoms. The lowest BCUT2D eigenvalue weighted by Gasteiger charge is -2.24. The van der Waals surface area contributed by atoms with Crippen molar-refractivity contribution in [2.45, 2.75) is 12.5 Å². The fourth-order valence-corrected chi connectivity index (χ4v) is 2.39. The van der Waals surface area contributed by atoms with Gasteiger partial charge < -0.3 is 15.0 Å². The van der Waals surface area contributed by atoms with Crippen LogP contribution in [0.25, 0.3) is 0 Å². The number of aldehydes is 1. The van der Waals surface area contributed by atoms with E-state index in [0.29, 0.717) is 6.29 Å². The van der Waals surface area contributed by atoms with Gasteiger partial charge in [-0.3, -0.25) is 14.6 Å². The van der Waals surface area contributed by atoms with Crippen molar-refractivity contribution in [2.24, 2.45) is 5.92 Å². The number of aromatic nitrogens is 1. The summed E-state index contributed by atoms with van der Waals surface area (Å²) in [6.07, 6.45) is 4.07. The van der Waals surface area contributed by atoms with E-state index >= 15 is 0 Å². The van der Waals surface area contributed by atoms with Crippen LogP contribution in [-0.4, -0.2) is 41.6 Å². The van der Waals surface area contributed by atoms with Gasteiger partial charge in [0.25, 0.3) is 0 Å². The average Bonchev–Trinajstić information content (AvgIpc) is 2.73. The van der Waals surface area contributed by atoms with Crippen molar-refractivity contribution >= 4 is 18.1 Å². The van der Waals surface area contributed by atoms with Crippen LogP contribution in [0.4, 0.5) is 0 Å². The van der Waals surface area contributed by atoms with Crippen LogP contribution >= 0.6 is 0 Å². The third kappa shape index (κ3) is 2.62. The van der Waals surface area contributed by atoms with E-state index < -0.39 is 5.92 Å². The molecule has 0 unspecified atom stereocenters. The molecule has 0 spiro atoms. The molecule has 0 saturated carbocycles. The molecule has 0 aliphatic carbocycles. The zero-order valence-corrected chi connectivity index (χ0v) is 10.6. The van der Waals surface area contributed by atoms with Crippen LogP contribution < -0.4 is 5.32 Å². The van der Waals surface area contributed by atoms with E-state index in [2.05, 4.69) is 10.3 Å². The smallest absolute Gasteiger partial charge is 0.226 e. The highest BCUT2D eigenvalue weighted by molar-refractivity contribution is 5.90. The Kier molecular flexibility index (Phi) is 3.89. The quantitative estimate of drug-likeness (QED) is 0.769. The molecule has 2 atom stereocenters. The second-order valence-corrected chi connectivity index (χ2v) is 4.46. The number of amides is 2. The molecule has 0 radical (unpaired) electrons. The number of likely N-dealkylation sites (tertiary alicyclic amines) is 1. The van der Waals surface area contributed by atoms with Gasteiger partial charge in [-0.15, -0.1) is 0 Å². The Morgan fingerprint density at radius 2 is 2.42 bits per heavy atom. The molecule has 1 aliphatic rings. The third-order valence-electron chi connectivity index (χ3n) is 3.31. The second-order valence-electron chi connectivity index (χ2n) is 4.46. The summed E-state index contributed by atoms with van der Waals surface area (Å²) in [6, 6.07) is 3.28. The van der Waals surface area contributed by atoms with Crippen molar-refractivity contribution < 1.29 is 14.4 Å². The van der Waals surface area contributed by atoms with E-state index in [9.17, 15) is 14.4 Å². The van der Waals surface area contributed by atoms with Crippen molar-refractivity contribution in [3.05, 3.63) is 30.1 Å². The highest BCUT2D eigenvalue weighted by Gasteiger charge is 2.42. The fourth-order valence-electron chi connectivity index (χ4n) is 2.39. The number of nitrogens with one attached hydrogen (secondary N) is 1. The zero-order valence-electron chi connectivity index (χ0n) is 10.6. The molecular formula is C13H15N3O3. The highest BCUT2D eigenvalue weighted by atomic mass is 16.2. The SMILES string of the molecule is CN1C(=O)C[C@H](C(=O)NCC=O)[C@H]1c1cccnc1. The normalized spacial score (nSPS) is 22.4. The number of rotatable bonds is 4. The Morgan fingerprint density at radius 3 is 3.05 bits per heavy atom. The van der Waals surface area contributed by atoms with Gasteiger partial charge in [0.15, 0.2) is 0 Å². The minimum absolute atomic E-state index is 0.0347. The molecule has 2 heterocycles. The molecule has 100 valence electrons. The zero-order chi connectivity index (χ0) is 13.8. The predicted molar refractivity (Wildman–Crippen MR) is 66.9 cm³/mol. The first kappa shape index (κ1) is 13.2. The first-order valence-corrected chi connectivity index (χ1v) is 6.02. The topological polar surface area (TPSA) is 79.4 Å². The van der Waals surface area contributed by atoms with Gasteiger partial charge in [-0.05, 0) is 11.6 Å². The summed E-state index contributed by atoms with van der Waals surface area (Å²) in [5.74, 6) is -0.847. The molecule has 19 heavy (non-hydrogen) atoms. The summed E-state index contributed by atoms with van der Waals surface area (Å²) in [5.41, 5.74) is 0.821. The second kappa shape index (κ2) is 5.60. The maximum absolute atomic E-state index is 12.0. The van der Waals surface area contributed by atoms with Crippen molar-refractivity contribution in [3.8, 4) is 0 Å². The van der Waals surface area contributed by atoms with Gasteiger partial charge in [0.2, 0.25) is 11.8 Å². The molecule has 1 aliphatic heterocycles. The van der Waals surface area contributed by atoms with Crippen molar-refractivity contribution in [2.75, 3.05) is 13.6 Å². The van der Waals surface area contributed by atoms with Crippen molar-refractivity contribution in [3.63, 3.8) is 0 Å². The summed E-state index contributed by atoms with van der Waals surface area (Å²) in [4.78, 5) is 39.7. The van der Waals surface area contributed by atoms with Crippen molar-refractivity contribution in [1.29, 1.82) is 0 Å². The van der Waals surface area contributed by atoms with E-state index in [1.54, 1.807) is 30.4 Å². The summed E-state index contributed by atoms with van der Waals surface area (Å²) in [5, 5.41) is 2.51. The Labute approximate surface area is 110 Å². The van der Waals surface area contributed by atoms with E-state index in [4.69, 9.17) is 0 Å². The third-order valence-corrected chi connectivity index (χ3v) is 3.31. The average molecular weight is 261 g/mol. The van der Waals surface area contributed by atoms with Crippen LogP contribution in [0.15, 0.2) is 24.5 Å². The summed E-state index contributed by atoms with van der Waals surface area (Å²) >= 11 is 0. The molecular weight excluding hydrogens is 246 g/mol. The highest BCUT2D eigenvalue weighted by Crippen LogP contribution is 2.36. The summed E-state index contributed by atoms with van der Waals surface area (Å²) in [6.45, 7) is -0.0347. The number of pyridine rings is 1. The lowest BCUT2D eigenvalue weighted by atomic mass is 9.94. The number of hydrogen-bond acceptors (Lipinski definition) is 4. The monoisotopic (exact) mass is 261 g/mol. The Balaban J connectivity index is 2.24. The van der Waals surface area contributed by atoms with E-state index in [1.807, 2.05) is 6.07 Å². The maximum Gasteiger partial charge on any atom is 0.226 e. The molecule has 0 aromatic carbocycles. The molecule has 2 rings (SSSR count). The fraction of sp³-hybridized carbons (Fsp3) is 0.385. The van der Waals surface area contributed by atoms with Crippen LogP contribution in [0.1, 0.15) is 18.0 Å². The van der Waals surface area contributed by atoms with Gasteiger partial charge >= 0.3 is 0 Å². The number of nitrogens with zero attached hydrogens (tertiary/aromatic N) is 2. The largest absolute Gasteiger partial charge is 0.349 e. The lowest BCUT2D eigenvalue weighted by molar-refractivity contribution is -0.128. The van der Waals surface area contributed by atoms with Gasteiger partial charge in [0, 0.05) is 25.9 Å². The molecule has 6 nitrogen and oxygen atoms in total. The molecule has 1 aromatic rings. The first-order valence-electron chi connectivity index (χ1n) is 6.02. The van der Waals surface area contributed by atoms with Gasteiger partial charge in [0.05, 0.1) is 18.5 Å². The minimum atomic E-state index is -0.485. The number of hydrogen-bond donors (Lipinski definition) is 1. The van der Waals surface area contributed by atoms with Gasteiger partial charge in [-0.2, -0.15) is 0 Å². The van der Waals surface area contributed by atoms with Gasteiger partial charge in [-0.1, -0.05) is 6.07 Å². The Hall–Kier alpha value is -2.24. The van der Waals surface area contributed by atoms with E-state index in [0.717, 1.165) is 5.56 Å². The van der Waals surface area contributed by atoms with Crippen molar-refractivity contribution in [1.82, 2.24) is 15.2 Å². The Bertz CT molecular complexity index is 489.